The van der Waals surface area contributed by atoms with Gasteiger partial charge in [0.2, 0.25) is 0 Å². The Labute approximate surface area is 76.9 Å². The minimum absolute atomic E-state index is 0.281. The Morgan fingerprint density at radius 2 is 2.30 bits per heavy atom. The molecule has 0 bridgehead atoms. The molecule has 0 radical (unpaired) electrons. The Morgan fingerprint density at radius 1 is 1.70 bits per heavy atom. The van der Waals surface area contributed by atoms with Crippen LogP contribution in [-0.2, 0) is 9.53 Å². The van der Waals surface area contributed by atoms with Crippen LogP contribution in [0.1, 0.15) is 6.92 Å². The maximum atomic E-state index is 10.9. The highest BCUT2D eigenvalue weighted by Gasteiger charge is 2.06. The maximum absolute atomic E-state index is 10.9. The molecule has 0 aromatic heterocycles. The number of hydrogen-bond acceptors (Lipinski definition) is 2. The van der Waals surface area contributed by atoms with Crippen LogP contribution in [0.4, 0.5) is 0 Å². The van der Waals surface area contributed by atoms with Crippen LogP contribution in [0.25, 0.3) is 0 Å². The molecule has 0 aromatic rings. The summed E-state index contributed by atoms with van der Waals surface area (Å²) in [5, 5.41) is 0.511. The van der Waals surface area contributed by atoms with E-state index >= 15 is 0 Å². The van der Waals surface area contributed by atoms with Crippen molar-refractivity contribution in [3.05, 3.63) is 10.6 Å². The molecular weight excluding hydrogens is 264 g/mol. The molecule has 0 saturated heterocycles. The highest BCUT2D eigenvalue weighted by Crippen LogP contribution is 2.05. The molecular formula is C6H8Br2O2. The highest BCUT2D eigenvalue weighted by atomic mass is 79.9. The summed E-state index contributed by atoms with van der Waals surface area (Å²) in [5.41, 5.74) is 0.585. The Balaban J connectivity index is 3.91. The van der Waals surface area contributed by atoms with Crippen LogP contribution < -0.4 is 0 Å². The molecule has 0 aliphatic rings. The van der Waals surface area contributed by atoms with Gasteiger partial charge in [0.05, 0.1) is 12.2 Å². The van der Waals surface area contributed by atoms with Gasteiger partial charge in [0.15, 0.2) is 0 Å². The molecule has 0 aliphatic carbocycles. The van der Waals surface area contributed by atoms with Crippen molar-refractivity contribution in [2.45, 2.75) is 6.92 Å². The van der Waals surface area contributed by atoms with Gasteiger partial charge < -0.3 is 4.74 Å². The molecule has 0 atom stereocenters. The van der Waals surface area contributed by atoms with E-state index in [0.717, 1.165) is 0 Å². The van der Waals surface area contributed by atoms with Crippen LogP contribution in [0.2, 0.25) is 0 Å². The lowest BCUT2D eigenvalue weighted by molar-refractivity contribution is -0.138. The summed E-state index contributed by atoms with van der Waals surface area (Å²) in [6.07, 6.45) is 0. The summed E-state index contributed by atoms with van der Waals surface area (Å²) in [6, 6.07) is 0. The van der Waals surface area contributed by atoms with Crippen molar-refractivity contribution in [3.8, 4) is 0 Å². The molecule has 4 heteroatoms. The first-order valence-electron chi connectivity index (χ1n) is 2.78. The topological polar surface area (TPSA) is 26.3 Å². The predicted molar refractivity (Wildman–Crippen MR) is 47.4 cm³/mol. The Hall–Kier alpha value is 0.170. The van der Waals surface area contributed by atoms with E-state index in [1.807, 2.05) is 0 Å². The zero-order valence-corrected chi connectivity index (χ0v) is 8.74. The van der Waals surface area contributed by atoms with E-state index in [2.05, 4.69) is 31.9 Å². The van der Waals surface area contributed by atoms with Crippen LogP contribution >= 0.6 is 31.9 Å². The molecule has 0 heterocycles. The fourth-order valence-corrected chi connectivity index (χ4v) is 1.53. The van der Waals surface area contributed by atoms with Crippen molar-refractivity contribution in [2.24, 2.45) is 0 Å². The second-order valence-electron chi connectivity index (χ2n) is 1.49. The molecule has 0 saturated carbocycles. The third-order valence-electron chi connectivity index (χ3n) is 0.813. The number of hydrogen-bond donors (Lipinski definition) is 0. The van der Waals surface area contributed by atoms with Gasteiger partial charge in [0.25, 0.3) is 0 Å². The lowest BCUT2D eigenvalue weighted by Crippen LogP contribution is -2.07. The second kappa shape index (κ2) is 5.92. The molecule has 0 unspecified atom stereocenters. The quantitative estimate of drug-likeness (QED) is 0.447. The number of alkyl halides is 1. The van der Waals surface area contributed by atoms with Crippen molar-refractivity contribution >= 4 is 37.8 Å². The maximum Gasteiger partial charge on any atom is 0.335 e. The second-order valence-corrected chi connectivity index (χ2v) is 2.51. The third kappa shape index (κ3) is 3.37. The summed E-state index contributed by atoms with van der Waals surface area (Å²) in [6.45, 7) is 2.19. The molecule has 0 fully saturated rings. The standard InChI is InChI=1S/C6H8Br2O2/c1-2-10-6(9)5(3-7)4-8/h3H,2,4H2,1H3/b5-3-. The zero-order chi connectivity index (χ0) is 7.98. The molecule has 58 valence electrons. The molecule has 2 nitrogen and oxygen atoms in total. The van der Waals surface area contributed by atoms with Gasteiger partial charge in [-0.3, -0.25) is 0 Å². The van der Waals surface area contributed by atoms with E-state index in [1.54, 1.807) is 11.9 Å². The summed E-state index contributed by atoms with van der Waals surface area (Å²) >= 11 is 6.20. The third-order valence-corrected chi connectivity index (χ3v) is 1.97. The zero-order valence-electron chi connectivity index (χ0n) is 5.56. The van der Waals surface area contributed by atoms with E-state index < -0.39 is 0 Å². The lowest BCUT2D eigenvalue weighted by atomic mass is 10.4. The van der Waals surface area contributed by atoms with Gasteiger partial charge in [-0.05, 0) is 11.9 Å². The van der Waals surface area contributed by atoms with Gasteiger partial charge in [-0.15, -0.1) is 0 Å². The van der Waals surface area contributed by atoms with Crippen LogP contribution in [0.5, 0.6) is 0 Å². The van der Waals surface area contributed by atoms with Crippen molar-refractivity contribution in [1.29, 1.82) is 0 Å². The largest absolute Gasteiger partial charge is 0.463 e. The minimum atomic E-state index is -0.281. The number of carbonyl (C=O) groups is 1. The van der Waals surface area contributed by atoms with Crippen LogP contribution in [0, 0.1) is 0 Å². The van der Waals surface area contributed by atoms with E-state index in [-0.39, 0.29) is 5.97 Å². The van der Waals surface area contributed by atoms with Crippen molar-refractivity contribution in [3.63, 3.8) is 0 Å². The SMILES string of the molecule is CCOC(=O)/C(=C\Br)CBr. The van der Waals surface area contributed by atoms with Crippen molar-refractivity contribution in [2.75, 3.05) is 11.9 Å². The molecule has 10 heavy (non-hydrogen) atoms. The number of rotatable bonds is 3. The molecule has 0 rings (SSSR count). The number of ether oxygens (including phenoxy) is 1. The number of halogens is 2. The van der Waals surface area contributed by atoms with Crippen LogP contribution in [-0.4, -0.2) is 17.9 Å². The number of carbonyl (C=O) groups excluding carboxylic acids is 1. The molecule has 0 aromatic carbocycles. The van der Waals surface area contributed by atoms with E-state index in [4.69, 9.17) is 4.74 Å². The van der Waals surface area contributed by atoms with Gasteiger partial charge in [-0.25, -0.2) is 4.79 Å². The van der Waals surface area contributed by atoms with Crippen LogP contribution in [0.3, 0.4) is 0 Å². The summed E-state index contributed by atoms with van der Waals surface area (Å²) in [7, 11) is 0. The monoisotopic (exact) mass is 270 g/mol. The average Bonchev–Trinajstić information content (AvgIpc) is 1.91. The van der Waals surface area contributed by atoms with E-state index in [1.165, 1.54) is 0 Å². The first-order valence-corrected chi connectivity index (χ1v) is 4.82. The first-order chi connectivity index (χ1) is 4.76. The summed E-state index contributed by atoms with van der Waals surface area (Å²) in [4.78, 5) is 12.4. The minimum Gasteiger partial charge on any atom is -0.463 e. The highest BCUT2D eigenvalue weighted by molar-refractivity contribution is 9.11. The molecule has 0 aliphatic heterocycles. The lowest BCUT2D eigenvalue weighted by Gasteiger charge is -2.00. The summed E-state index contributed by atoms with van der Waals surface area (Å²) in [5.74, 6) is -0.281. The normalized spacial score (nSPS) is 11.3. The van der Waals surface area contributed by atoms with Gasteiger partial charge in [0.1, 0.15) is 0 Å². The Kier molecular flexibility index (Phi) is 6.02. The van der Waals surface area contributed by atoms with Crippen molar-refractivity contribution < 1.29 is 9.53 Å². The van der Waals surface area contributed by atoms with E-state index in [0.29, 0.717) is 17.5 Å². The smallest absolute Gasteiger partial charge is 0.335 e. The molecule has 0 amide bonds. The van der Waals surface area contributed by atoms with Gasteiger partial charge in [-0.1, -0.05) is 31.9 Å². The first kappa shape index (κ1) is 10.2. The average molecular weight is 272 g/mol. The van der Waals surface area contributed by atoms with Crippen LogP contribution in [0.15, 0.2) is 10.6 Å². The summed E-state index contributed by atoms with van der Waals surface area (Å²) < 4.78 is 4.72. The van der Waals surface area contributed by atoms with Gasteiger partial charge >= 0.3 is 5.97 Å². The number of esters is 1. The molecule has 0 N–H and O–H groups in total. The molecule has 0 spiro atoms. The van der Waals surface area contributed by atoms with E-state index in [9.17, 15) is 4.79 Å². The fourth-order valence-electron chi connectivity index (χ4n) is 0.352. The van der Waals surface area contributed by atoms with Gasteiger partial charge in [-0.2, -0.15) is 0 Å². The fraction of sp³-hybridized carbons (Fsp3) is 0.500. The van der Waals surface area contributed by atoms with Gasteiger partial charge in [0, 0.05) is 5.33 Å². The van der Waals surface area contributed by atoms with Crippen molar-refractivity contribution in [1.82, 2.24) is 0 Å². The Bertz CT molecular complexity index is 143. The Morgan fingerprint density at radius 3 is 2.60 bits per heavy atom. The predicted octanol–water partition coefficient (Wildman–Crippen LogP) is 2.22.